The van der Waals surface area contributed by atoms with E-state index in [-0.39, 0.29) is 0 Å². The molecule has 2 heteroatoms. The van der Waals surface area contributed by atoms with E-state index in [9.17, 15) is 0 Å². The highest BCUT2D eigenvalue weighted by Gasteiger charge is 2.36. The van der Waals surface area contributed by atoms with Gasteiger partial charge < -0.3 is 5.32 Å². The number of hydrogen-bond acceptors (Lipinski definition) is 2. The van der Waals surface area contributed by atoms with Crippen molar-refractivity contribution < 1.29 is 0 Å². The van der Waals surface area contributed by atoms with E-state index in [1.54, 1.807) is 0 Å². The van der Waals surface area contributed by atoms with Crippen LogP contribution < -0.4 is 5.32 Å². The Morgan fingerprint density at radius 3 is 2.73 bits per heavy atom. The Labute approximate surface area is 98.8 Å². The van der Waals surface area contributed by atoms with Crippen molar-refractivity contribution >= 4 is 11.8 Å². The van der Waals surface area contributed by atoms with Gasteiger partial charge in [-0.1, -0.05) is 33.1 Å². The van der Waals surface area contributed by atoms with Crippen molar-refractivity contribution in [3.8, 4) is 0 Å². The summed E-state index contributed by atoms with van der Waals surface area (Å²) in [6.45, 7) is 4.66. The average molecular weight is 227 g/mol. The minimum Gasteiger partial charge on any atom is -0.309 e. The van der Waals surface area contributed by atoms with Gasteiger partial charge in [-0.2, -0.15) is 11.8 Å². The molecule has 88 valence electrons. The Morgan fingerprint density at radius 1 is 1.20 bits per heavy atom. The number of fused-ring (bicyclic) bond motifs is 1. The third-order valence-corrected chi connectivity index (χ3v) is 5.86. The fourth-order valence-electron chi connectivity index (χ4n) is 3.11. The highest BCUT2D eigenvalue weighted by Crippen LogP contribution is 2.38. The first kappa shape index (κ1) is 11.8. The zero-order valence-corrected chi connectivity index (χ0v) is 11.0. The SMILES string of the molecule is CCCC1NC2CCCCC2SC1CC. The summed E-state index contributed by atoms with van der Waals surface area (Å²) in [5.74, 6) is 0. The van der Waals surface area contributed by atoms with Gasteiger partial charge in [0.15, 0.2) is 0 Å². The maximum atomic E-state index is 3.94. The lowest BCUT2D eigenvalue weighted by Gasteiger charge is -2.44. The molecule has 0 spiro atoms. The van der Waals surface area contributed by atoms with Gasteiger partial charge >= 0.3 is 0 Å². The second-order valence-electron chi connectivity index (χ2n) is 5.07. The van der Waals surface area contributed by atoms with Crippen LogP contribution in [0.15, 0.2) is 0 Å². The molecule has 1 nitrogen and oxygen atoms in total. The second-order valence-corrected chi connectivity index (χ2v) is 6.56. The van der Waals surface area contributed by atoms with Gasteiger partial charge in [0, 0.05) is 22.6 Å². The molecule has 4 atom stereocenters. The lowest BCUT2D eigenvalue weighted by molar-refractivity contribution is 0.309. The van der Waals surface area contributed by atoms with Crippen LogP contribution in [0.4, 0.5) is 0 Å². The fraction of sp³-hybridized carbons (Fsp3) is 1.00. The Bertz CT molecular complexity index is 195. The van der Waals surface area contributed by atoms with Gasteiger partial charge in [0.1, 0.15) is 0 Å². The van der Waals surface area contributed by atoms with Crippen molar-refractivity contribution in [2.24, 2.45) is 0 Å². The molecule has 2 fully saturated rings. The monoisotopic (exact) mass is 227 g/mol. The molecule has 0 radical (unpaired) electrons. The molecule has 1 saturated carbocycles. The quantitative estimate of drug-likeness (QED) is 0.791. The Morgan fingerprint density at radius 2 is 2.00 bits per heavy atom. The van der Waals surface area contributed by atoms with E-state index >= 15 is 0 Å². The van der Waals surface area contributed by atoms with Crippen LogP contribution in [-0.2, 0) is 0 Å². The lowest BCUT2D eigenvalue weighted by atomic mass is 9.92. The van der Waals surface area contributed by atoms with Crippen molar-refractivity contribution in [3.05, 3.63) is 0 Å². The molecule has 1 aliphatic heterocycles. The minimum absolute atomic E-state index is 0.796. The second kappa shape index (κ2) is 5.58. The third-order valence-electron chi connectivity index (χ3n) is 3.93. The van der Waals surface area contributed by atoms with E-state index in [0.29, 0.717) is 0 Å². The predicted molar refractivity (Wildman–Crippen MR) is 69.5 cm³/mol. The van der Waals surface area contributed by atoms with Crippen LogP contribution in [0.1, 0.15) is 58.8 Å². The van der Waals surface area contributed by atoms with Crippen LogP contribution in [0.3, 0.4) is 0 Å². The van der Waals surface area contributed by atoms with Crippen LogP contribution in [0, 0.1) is 0 Å². The third kappa shape index (κ3) is 2.71. The van der Waals surface area contributed by atoms with Gasteiger partial charge in [-0.15, -0.1) is 0 Å². The molecule has 1 N–H and O–H groups in total. The molecule has 4 unspecified atom stereocenters. The van der Waals surface area contributed by atoms with E-state index in [1.807, 2.05) is 0 Å². The lowest BCUT2D eigenvalue weighted by Crippen LogP contribution is -2.55. The van der Waals surface area contributed by atoms with Crippen molar-refractivity contribution in [1.29, 1.82) is 0 Å². The van der Waals surface area contributed by atoms with Gasteiger partial charge in [-0.3, -0.25) is 0 Å². The minimum atomic E-state index is 0.796. The first-order valence-electron chi connectivity index (χ1n) is 6.76. The summed E-state index contributed by atoms with van der Waals surface area (Å²) in [7, 11) is 0. The molecule has 2 rings (SSSR count). The maximum absolute atomic E-state index is 3.94. The summed E-state index contributed by atoms with van der Waals surface area (Å²) in [6, 6.07) is 1.63. The summed E-state index contributed by atoms with van der Waals surface area (Å²) in [5, 5.41) is 5.74. The highest BCUT2D eigenvalue weighted by molar-refractivity contribution is 8.00. The van der Waals surface area contributed by atoms with Gasteiger partial charge in [-0.25, -0.2) is 0 Å². The molecule has 1 saturated heterocycles. The van der Waals surface area contributed by atoms with Gasteiger partial charge in [0.25, 0.3) is 0 Å². The molecule has 0 bridgehead atoms. The van der Waals surface area contributed by atoms with Crippen LogP contribution in [0.25, 0.3) is 0 Å². The highest BCUT2D eigenvalue weighted by atomic mass is 32.2. The molecule has 1 aliphatic carbocycles. The van der Waals surface area contributed by atoms with E-state index < -0.39 is 0 Å². The topological polar surface area (TPSA) is 12.0 Å². The predicted octanol–water partition coefficient (Wildman–Crippen LogP) is 3.58. The smallest absolute Gasteiger partial charge is 0.0204 e. The molecule has 2 aliphatic rings. The molecule has 0 aromatic carbocycles. The molecule has 1 heterocycles. The Kier molecular flexibility index (Phi) is 4.39. The van der Waals surface area contributed by atoms with Gasteiger partial charge in [-0.05, 0) is 25.7 Å². The van der Waals surface area contributed by atoms with E-state index in [2.05, 4.69) is 30.9 Å². The Balaban J connectivity index is 1.95. The van der Waals surface area contributed by atoms with E-state index in [1.165, 1.54) is 44.9 Å². The van der Waals surface area contributed by atoms with Crippen LogP contribution in [0.2, 0.25) is 0 Å². The largest absolute Gasteiger partial charge is 0.309 e. The first-order chi connectivity index (χ1) is 7.35. The van der Waals surface area contributed by atoms with Crippen LogP contribution >= 0.6 is 11.8 Å². The van der Waals surface area contributed by atoms with Crippen molar-refractivity contribution in [1.82, 2.24) is 5.32 Å². The standard InChI is InChI=1S/C13H25NS/c1-3-7-10-12(4-2)15-13-9-6-5-8-11(13)14-10/h10-14H,3-9H2,1-2H3. The van der Waals surface area contributed by atoms with E-state index in [4.69, 9.17) is 0 Å². The van der Waals surface area contributed by atoms with Crippen molar-refractivity contribution in [2.75, 3.05) is 0 Å². The fourth-order valence-corrected chi connectivity index (χ4v) is 4.87. The van der Waals surface area contributed by atoms with Gasteiger partial charge in [0.05, 0.1) is 0 Å². The maximum Gasteiger partial charge on any atom is 0.0204 e. The summed E-state index contributed by atoms with van der Waals surface area (Å²) in [5.41, 5.74) is 0. The number of rotatable bonds is 3. The average Bonchev–Trinajstić information content (AvgIpc) is 2.28. The summed E-state index contributed by atoms with van der Waals surface area (Å²) in [6.07, 6.45) is 9.83. The molecular weight excluding hydrogens is 202 g/mol. The first-order valence-corrected chi connectivity index (χ1v) is 7.71. The van der Waals surface area contributed by atoms with Gasteiger partial charge in [0.2, 0.25) is 0 Å². The molecule has 0 aromatic rings. The number of nitrogens with one attached hydrogen (secondary N) is 1. The Hall–Kier alpha value is 0.310. The molecule has 0 amide bonds. The summed E-state index contributed by atoms with van der Waals surface area (Å²) in [4.78, 5) is 0. The van der Waals surface area contributed by atoms with E-state index in [0.717, 1.165) is 22.6 Å². The van der Waals surface area contributed by atoms with Crippen LogP contribution in [-0.4, -0.2) is 22.6 Å². The molecular formula is C13H25NS. The van der Waals surface area contributed by atoms with Crippen molar-refractivity contribution in [2.45, 2.75) is 81.4 Å². The number of hydrogen-bond donors (Lipinski definition) is 1. The number of thioether (sulfide) groups is 1. The molecule has 0 aromatic heterocycles. The zero-order chi connectivity index (χ0) is 10.7. The van der Waals surface area contributed by atoms with Crippen LogP contribution in [0.5, 0.6) is 0 Å². The summed E-state index contributed by atoms with van der Waals surface area (Å²) >= 11 is 2.30. The zero-order valence-electron chi connectivity index (χ0n) is 10.2. The summed E-state index contributed by atoms with van der Waals surface area (Å²) < 4.78 is 0. The normalized spacial score (nSPS) is 41.2. The molecule has 15 heavy (non-hydrogen) atoms. The van der Waals surface area contributed by atoms with Crippen molar-refractivity contribution in [3.63, 3.8) is 0 Å².